The van der Waals surface area contributed by atoms with Gasteiger partial charge in [0.2, 0.25) is 0 Å². The van der Waals surface area contributed by atoms with Crippen LogP contribution in [-0.2, 0) is 4.79 Å². The number of carbonyl (C=O) groups excluding carboxylic acids is 1. The predicted molar refractivity (Wildman–Crippen MR) is 74.1 cm³/mol. The Kier molecular flexibility index (Phi) is 7.55. The normalized spacial score (nSPS) is 17.6. The van der Waals surface area contributed by atoms with Crippen molar-refractivity contribution in [1.29, 1.82) is 0 Å². The van der Waals surface area contributed by atoms with E-state index in [1.807, 2.05) is 13.8 Å². The van der Waals surface area contributed by atoms with Gasteiger partial charge >= 0.3 is 0 Å². The zero-order chi connectivity index (χ0) is 12.5. The minimum atomic E-state index is 0.234. The van der Waals surface area contributed by atoms with E-state index in [1.165, 1.54) is 57.8 Å². The van der Waals surface area contributed by atoms with Crippen LogP contribution in [0.15, 0.2) is 0 Å². The summed E-state index contributed by atoms with van der Waals surface area (Å²) in [4.78, 5) is 11.4. The average molecular weight is 238 g/mol. The number of hydrogen-bond acceptors (Lipinski definition) is 1. The molecule has 0 spiro atoms. The van der Waals surface area contributed by atoms with Crippen LogP contribution in [0, 0.1) is 11.8 Å². The minimum absolute atomic E-state index is 0.234. The number of ketones is 1. The summed E-state index contributed by atoms with van der Waals surface area (Å²) in [5.41, 5.74) is 0. The van der Waals surface area contributed by atoms with Crippen LogP contribution in [0.1, 0.15) is 84.5 Å². The Labute approximate surface area is 107 Å². The third-order valence-corrected chi connectivity index (χ3v) is 4.15. The number of unbranched alkanes of at least 4 members (excludes halogenated alkanes) is 3. The van der Waals surface area contributed by atoms with E-state index >= 15 is 0 Å². The zero-order valence-corrected chi connectivity index (χ0v) is 11.8. The number of hydrogen-bond donors (Lipinski definition) is 0. The van der Waals surface area contributed by atoms with Gasteiger partial charge in [-0.1, -0.05) is 71.6 Å². The molecular weight excluding hydrogens is 208 g/mol. The van der Waals surface area contributed by atoms with Gasteiger partial charge in [-0.2, -0.15) is 0 Å². The van der Waals surface area contributed by atoms with Gasteiger partial charge in [-0.25, -0.2) is 0 Å². The molecule has 0 atom stereocenters. The van der Waals surface area contributed by atoms with Gasteiger partial charge in [0.15, 0.2) is 0 Å². The molecule has 0 N–H and O–H groups in total. The molecule has 0 radical (unpaired) electrons. The predicted octanol–water partition coefficient (Wildman–Crippen LogP) is 5.13. The fourth-order valence-corrected chi connectivity index (χ4v) is 2.85. The van der Waals surface area contributed by atoms with Crippen LogP contribution < -0.4 is 0 Å². The molecule has 1 nitrogen and oxygen atoms in total. The summed E-state index contributed by atoms with van der Waals surface area (Å²) in [6.07, 6.45) is 14.7. The van der Waals surface area contributed by atoms with Crippen LogP contribution >= 0.6 is 0 Å². The lowest BCUT2D eigenvalue weighted by Crippen LogP contribution is -2.06. The second-order valence-electron chi connectivity index (χ2n) is 6.08. The van der Waals surface area contributed by atoms with Crippen molar-refractivity contribution in [1.82, 2.24) is 0 Å². The quantitative estimate of drug-likeness (QED) is 0.536. The first-order valence-electron chi connectivity index (χ1n) is 7.73. The average Bonchev–Trinajstić information content (AvgIpc) is 2.34. The number of Topliss-reactive ketones (excluding diaryl/α,β-unsaturated/α-hetero) is 1. The van der Waals surface area contributed by atoms with E-state index in [0.717, 1.165) is 18.8 Å². The summed E-state index contributed by atoms with van der Waals surface area (Å²) >= 11 is 0. The zero-order valence-electron chi connectivity index (χ0n) is 11.8. The maximum absolute atomic E-state index is 11.4. The molecule has 1 fully saturated rings. The molecule has 0 unspecified atom stereocenters. The molecule has 0 aromatic heterocycles. The Bertz CT molecular complexity index is 202. The maximum Gasteiger partial charge on any atom is 0.135 e. The monoisotopic (exact) mass is 238 g/mol. The Hall–Kier alpha value is -0.330. The van der Waals surface area contributed by atoms with Crippen molar-refractivity contribution in [3.63, 3.8) is 0 Å². The first-order valence-corrected chi connectivity index (χ1v) is 7.73. The Morgan fingerprint density at radius 2 is 1.65 bits per heavy atom. The molecule has 1 heteroatoms. The highest BCUT2D eigenvalue weighted by Gasteiger charge is 2.12. The van der Waals surface area contributed by atoms with Gasteiger partial charge in [0, 0.05) is 12.3 Å². The lowest BCUT2D eigenvalue weighted by molar-refractivity contribution is -0.122. The van der Waals surface area contributed by atoms with Crippen LogP contribution in [0.4, 0.5) is 0 Å². The van der Waals surface area contributed by atoms with E-state index in [4.69, 9.17) is 0 Å². The molecule has 1 saturated carbocycles. The van der Waals surface area contributed by atoms with Crippen LogP contribution in [0.5, 0.6) is 0 Å². The van der Waals surface area contributed by atoms with Crippen molar-refractivity contribution in [3.05, 3.63) is 0 Å². The topological polar surface area (TPSA) is 17.1 Å². The molecule has 100 valence electrons. The summed E-state index contributed by atoms with van der Waals surface area (Å²) in [5.74, 6) is 1.70. The molecule has 0 amide bonds. The van der Waals surface area contributed by atoms with E-state index in [0.29, 0.717) is 5.78 Å². The van der Waals surface area contributed by atoms with Crippen molar-refractivity contribution in [3.8, 4) is 0 Å². The molecule has 0 aromatic rings. The first kappa shape index (κ1) is 14.7. The molecule has 0 saturated heterocycles. The van der Waals surface area contributed by atoms with Crippen LogP contribution in [0.25, 0.3) is 0 Å². The van der Waals surface area contributed by atoms with Gasteiger partial charge in [-0.15, -0.1) is 0 Å². The fraction of sp³-hybridized carbons (Fsp3) is 0.938. The lowest BCUT2D eigenvalue weighted by Gasteiger charge is -2.21. The van der Waals surface area contributed by atoms with Gasteiger partial charge in [-0.3, -0.25) is 4.79 Å². The Morgan fingerprint density at radius 1 is 1.00 bits per heavy atom. The maximum atomic E-state index is 11.4. The van der Waals surface area contributed by atoms with Gasteiger partial charge in [0.1, 0.15) is 5.78 Å². The van der Waals surface area contributed by atoms with E-state index in [2.05, 4.69) is 0 Å². The van der Waals surface area contributed by atoms with E-state index in [9.17, 15) is 4.79 Å². The molecule has 0 aromatic carbocycles. The number of rotatable bonds is 8. The minimum Gasteiger partial charge on any atom is -0.299 e. The largest absolute Gasteiger partial charge is 0.299 e. The van der Waals surface area contributed by atoms with Crippen LogP contribution in [0.2, 0.25) is 0 Å². The molecule has 1 aliphatic carbocycles. The molecule has 0 bridgehead atoms. The van der Waals surface area contributed by atoms with Crippen molar-refractivity contribution >= 4 is 5.78 Å². The van der Waals surface area contributed by atoms with Crippen molar-refractivity contribution in [2.75, 3.05) is 0 Å². The van der Waals surface area contributed by atoms with Gasteiger partial charge < -0.3 is 0 Å². The lowest BCUT2D eigenvalue weighted by atomic mass is 9.85. The molecular formula is C16H30O. The molecule has 1 aliphatic rings. The molecule has 17 heavy (non-hydrogen) atoms. The highest BCUT2D eigenvalue weighted by atomic mass is 16.1. The summed E-state index contributed by atoms with van der Waals surface area (Å²) < 4.78 is 0. The van der Waals surface area contributed by atoms with E-state index in [-0.39, 0.29) is 5.92 Å². The van der Waals surface area contributed by atoms with Crippen molar-refractivity contribution in [2.45, 2.75) is 84.5 Å². The molecule has 1 rings (SSSR count). The summed E-state index contributed by atoms with van der Waals surface area (Å²) in [6, 6.07) is 0. The molecule has 0 aliphatic heterocycles. The van der Waals surface area contributed by atoms with Gasteiger partial charge in [-0.05, 0) is 12.3 Å². The fourth-order valence-electron chi connectivity index (χ4n) is 2.85. The molecule has 0 heterocycles. The number of carbonyl (C=O) groups is 1. The van der Waals surface area contributed by atoms with Crippen LogP contribution in [-0.4, -0.2) is 5.78 Å². The smallest absolute Gasteiger partial charge is 0.135 e. The Morgan fingerprint density at radius 3 is 2.29 bits per heavy atom. The Balaban J connectivity index is 1.88. The summed E-state index contributed by atoms with van der Waals surface area (Å²) in [5, 5.41) is 0. The van der Waals surface area contributed by atoms with Gasteiger partial charge in [0.25, 0.3) is 0 Å². The van der Waals surface area contributed by atoms with Crippen molar-refractivity contribution in [2.24, 2.45) is 11.8 Å². The van der Waals surface area contributed by atoms with Crippen LogP contribution in [0.3, 0.4) is 0 Å². The third kappa shape index (κ3) is 6.85. The summed E-state index contributed by atoms with van der Waals surface area (Å²) in [7, 11) is 0. The first-order chi connectivity index (χ1) is 8.20. The van der Waals surface area contributed by atoms with E-state index in [1.54, 1.807) is 0 Å². The highest BCUT2D eigenvalue weighted by molar-refractivity contribution is 5.80. The van der Waals surface area contributed by atoms with E-state index < -0.39 is 0 Å². The second-order valence-corrected chi connectivity index (χ2v) is 6.08. The third-order valence-electron chi connectivity index (χ3n) is 4.15. The summed E-state index contributed by atoms with van der Waals surface area (Å²) in [6.45, 7) is 4.01. The highest BCUT2D eigenvalue weighted by Crippen LogP contribution is 2.28. The van der Waals surface area contributed by atoms with Gasteiger partial charge in [0.05, 0.1) is 0 Å². The second kappa shape index (κ2) is 8.72. The standard InChI is InChI=1S/C16H30O/c1-14(2)16(17)13-9-4-3-6-10-15-11-7-5-8-12-15/h14-15H,3-13H2,1-2H3. The SMILES string of the molecule is CC(C)C(=O)CCCCCCC1CCCCC1. The van der Waals surface area contributed by atoms with Crippen molar-refractivity contribution < 1.29 is 4.79 Å².